The van der Waals surface area contributed by atoms with E-state index in [1.807, 2.05) is 12.1 Å². The second-order valence-corrected chi connectivity index (χ2v) is 7.75. The molecule has 0 radical (unpaired) electrons. The lowest BCUT2D eigenvalue weighted by Gasteiger charge is -2.30. The van der Waals surface area contributed by atoms with E-state index in [1.54, 1.807) is 0 Å². The molecule has 0 bridgehead atoms. The predicted molar refractivity (Wildman–Crippen MR) is 106 cm³/mol. The van der Waals surface area contributed by atoms with Gasteiger partial charge in [0, 0.05) is 30.7 Å². The second kappa shape index (κ2) is 9.56. The van der Waals surface area contributed by atoms with Crippen molar-refractivity contribution in [2.24, 2.45) is 11.8 Å². The molecule has 2 heterocycles. The van der Waals surface area contributed by atoms with Crippen LogP contribution in [0.15, 0.2) is 24.3 Å². The quantitative estimate of drug-likeness (QED) is 0.855. The van der Waals surface area contributed by atoms with Crippen LogP contribution >= 0.6 is 12.4 Å². The second-order valence-electron chi connectivity index (χ2n) is 7.75. The van der Waals surface area contributed by atoms with Crippen LogP contribution in [0.3, 0.4) is 0 Å². The summed E-state index contributed by atoms with van der Waals surface area (Å²) < 4.78 is 0. The van der Waals surface area contributed by atoms with Crippen LogP contribution in [0.4, 0.5) is 5.69 Å². The summed E-state index contributed by atoms with van der Waals surface area (Å²) in [5.74, 6) is 1.11. The van der Waals surface area contributed by atoms with Crippen LogP contribution in [-0.2, 0) is 11.3 Å². The molecule has 4 nitrogen and oxygen atoms in total. The van der Waals surface area contributed by atoms with Gasteiger partial charge in [0.15, 0.2) is 0 Å². The van der Waals surface area contributed by atoms with E-state index in [-0.39, 0.29) is 24.2 Å². The van der Waals surface area contributed by atoms with Crippen molar-refractivity contribution in [3.63, 3.8) is 0 Å². The molecule has 0 spiro atoms. The molecule has 25 heavy (non-hydrogen) atoms. The number of anilines is 1. The van der Waals surface area contributed by atoms with Crippen LogP contribution in [0, 0.1) is 11.8 Å². The number of halogens is 1. The lowest BCUT2D eigenvalue weighted by molar-refractivity contribution is -0.120. The van der Waals surface area contributed by atoms with E-state index < -0.39 is 0 Å². The number of piperidine rings is 2. The van der Waals surface area contributed by atoms with Crippen LogP contribution in [-0.4, -0.2) is 36.5 Å². The van der Waals surface area contributed by atoms with Crippen molar-refractivity contribution in [1.82, 2.24) is 10.2 Å². The van der Waals surface area contributed by atoms with E-state index in [0.29, 0.717) is 6.04 Å². The van der Waals surface area contributed by atoms with Gasteiger partial charge in [0.2, 0.25) is 5.91 Å². The molecular formula is C20H32ClN3O. The molecule has 1 amide bonds. The van der Waals surface area contributed by atoms with Gasteiger partial charge in [-0.3, -0.25) is 9.69 Å². The summed E-state index contributed by atoms with van der Waals surface area (Å²) in [7, 11) is 0. The minimum Gasteiger partial charge on any atom is -0.326 e. The first-order chi connectivity index (χ1) is 11.6. The lowest BCUT2D eigenvalue weighted by Crippen LogP contribution is -2.40. The van der Waals surface area contributed by atoms with Gasteiger partial charge in [-0.1, -0.05) is 19.1 Å². The maximum Gasteiger partial charge on any atom is 0.227 e. The fourth-order valence-corrected chi connectivity index (χ4v) is 4.00. The van der Waals surface area contributed by atoms with E-state index in [1.165, 1.54) is 31.5 Å². The highest BCUT2D eigenvalue weighted by molar-refractivity contribution is 5.92. The first-order valence-electron chi connectivity index (χ1n) is 9.45. The molecule has 1 aromatic carbocycles. The van der Waals surface area contributed by atoms with Crippen LogP contribution in [0.1, 0.15) is 45.1 Å². The van der Waals surface area contributed by atoms with Gasteiger partial charge in [0.25, 0.3) is 0 Å². The van der Waals surface area contributed by atoms with Gasteiger partial charge in [-0.2, -0.15) is 0 Å². The van der Waals surface area contributed by atoms with Crippen molar-refractivity contribution in [1.29, 1.82) is 0 Å². The third-order valence-corrected chi connectivity index (χ3v) is 5.36. The number of carbonyl (C=O) groups excluding carboxylic acids is 1. The van der Waals surface area contributed by atoms with Crippen LogP contribution in [0.2, 0.25) is 0 Å². The molecule has 2 aliphatic rings. The third kappa shape index (κ3) is 5.98. The molecule has 1 aromatic rings. The standard InChI is InChI=1S/C20H31N3O.ClH/c1-15-4-3-11-23(13-15)14-17-5-7-19(8-6-17)22-20(24)18-9-10-21-16(2)12-18;/h5-8,15-16,18,21H,3-4,9-14H2,1-2H3,(H,22,24);1H/t15?,16-,18-;/m0./s1. The molecule has 3 atom stereocenters. The minimum absolute atomic E-state index is 0. The Morgan fingerprint density at radius 3 is 2.68 bits per heavy atom. The Labute approximate surface area is 158 Å². The van der Waals surface area contributed by atoms with Crippen molar-refractivity contribution in [3.8, 4) is 0 Å². The number of nitrogens with zero attached hydrogens (tertiary/aromatic N) is 1. The van der Waals surface area contributed by atoms with Crippen molar-refractivity contribution >= 4 is 24.0 Å². The fraction of sp³-hybridized carbons (Fsp3) is 0.650. The molecule has 1 unspecified atom stereocenters. The summed E-state index contributed by atoms with van der Waals surface area (Å²) in [6.45, 7) is 8.85. The van der Waals surface area contributed by atoms with Crippen molar-refractivity contribution < 1.29 is 4.79 Å². The number of amides is 1. The number of likely N-dealkylation sites (tertiary alicyclic amines) is 1. The Kier molecular flexibility index (Phi) is 7.73. The zero-order valence-corrected chi connectivity index (χ0v) is 16.3. The number of benzene rings is 1. The molecule has 2 N–H and O–H groups in total. The lowest BCUT2D eigenvalue weighted by atomic mass is 9.92. The fourth-order valence-electron chi connectivity index (χ4n) is 4.00. The maximum atomic E-state index is 12.4. The van der Waals surface area contributed by atoms with E-state index in [2.05, 4.69) is 41.5 Å². The van der Waals surface area contributed by atoms with Gasteiger partial charge in [-0.15, -0.1) is 12.4 Å². The van der Waals surface area contributed by atoms with Crippen molar-refractivity contribution in [2.75, 3.05) is 25.0 Å². The Bertz CT molecular complexity index is 548. The summed E-state index contributed by atoms with van der Waals surface area (Å²) in [5, 5.41) is 6.49. The Hall–Kier alpha value is -1.10. The van der Waals surface area contributed by atoms with E-state index in [9.17, 15) is 4.79 Å². The maximum absolute atomic E-state index is 12.4. The topological polar surface area (TPSA) is 44.4 Å². The first-order valence-corrected chi connectivity index (χ1v) is 9.45. The highest BCUT2D eigenvalue weighted by Crippen LogP contribution is 2.21. The Morgan fingerprint density at radius 1 is 1.24 bits per heavy atom. The molecule has 5 heteroatoms. The number of carbonyl (C=O) groups is 1. The van der Waals surface area contributed by atoms with Crippen LogP contribution < -0.4 is 10.6 Å². The van der Waals surface area contributed by atoms with Gasteiger partial charge in [-0.25, -0.2) is 0 Å². The zero-order chi connectivity index (χ0) is 16.9. The van der Waals surface area contributed by atoms with E-state index in [4.69, 9.17) is 0 Å². The molecule has 0 saturated carbocycles. The molecule has 3 rings (SSSR count). The molecule has 0 aromatic heterocycles. The summed E-state index contributed by atoms with van der Waals surface area (Å²) in [5.41, 5.74) is 2.25. The molecule has 2 aliphatic heterocycles. The number of hydrogen-bond donors (Lipinski definition) is 2. The Balaban J connectivity index is 0.00000225. The zero-order valence-electron chi connectivity index (χ0n) is 15.5. The molecular weight excluding hydrogens is 334 g/mol. The normalized spacial score (nSPS) is 27.4. The monoisotopic (exact) mass is 365 g/mol. The summed E-state index contributed by atoms with van der Waals surface area (Å²) in [6.07, 6.45) is 4.53. The Morgan fingerprint density at radius 2 is 2.00 bits per heavy atom. The number of nitrogens with one attached hydrogen (secondary N) is 2. The predicted octanol–water partition coefficient (Wildman–Crippen LogP) is 3.67. The van der Waals surface area contributed by atoms with Crippen molar-refractivity contribution in [2.45, 2.75) is 52.1 Å². The molecule has 2 fully saturated rings. The van der Waals surface area contributed by atoms with Crippen LogP contribution in [0.25, 0.3) is 0 Å². The average molecular weight is 366 g/mol. The van der Waals surface area contributed by atoms with Crippen LogP contribution in [0.5, 0.6) is 0 Å². The highest BCUT2D eigenvalue weighted by atomic mass is 35.5. The first kappa shape index (κ1) is 20.2. The average Bonchev–Trinajstić information content (AvgIpc) is 2.57. The summed E-state index contributed by atoms with van der Waals surface area (Å²) >= 11 is 0. The van der Waals surface area contributed by atoms with E-state index >= 15 is 0 Å². The summed E-state index contributed by atoms with van der Waals surface area (Å²) in [6, 6.07) is 8.83. The van der Waals surface area contributed by atoms with E-state index in [0.717, 1.165) is 37.5 Å². The van der Waals surface area contributed by atoms with Gasteiger partial charge in [0.05, 0.1) is 0 Å². The highest BCUT2D eigenvalue weighted by Gasteiger charge is 2.24. The van der Waals surface area contributed by atoms with Gasteiger partial charge in [0.1, 0.15) is 0 Å². The van der Waals surface area contributed by atoms with Gasteiger partial charge < -0.3 is 10.6 Å². The summed E-state index contributed by atoms with van der Waals surface area (Å²) in [4.78, 5) is 14.9. The smallest absolute Gasteiger partial charge is 0.227 e. The third-order valence-electron chi connectivity index (χ3n) is 5.36. The molecule has 0 aliphatic carbocycles. The SMILES string of the molecule is CC1CCCN(Cc2ccc(NC(=O)[C@H]3CCN[C@@H](C)C3)cc2)C1.Cl. The van der Waals surface area contributed by atoms with Crippen molar-refractivity contribution in [3.05, 3.63) is 29.8 Å². The number of hydrogen-bond acceptors (Lipinski definition) is 3. The molecule has 2 saturated heterocycles. The molecule has 140 valence electrons. The number of rotatable bonds is 4. The minimum atomic E-state index is 0. The van der Waals surface area contributed by atoms with Gasteiger partial charge >= 0.3 is 0 Å². The largest absolute Gasteiger partial charge is 0.326 e. The van der Waals surface area contributed by atoms with Gasteiger partial charge in [-0.05, 0) is 69.3 Å².